The van der Waals surface area contributed by atoms with Crippen molar-refractivity contribution in [3.63, 3.8) is 0 Å². The normalized spacial score (nSPS) is 11.1. The van der Waals surface area contributed by atoms with Crippen molar-refractivity contribution in [2.45, 2.75) is 18.9 Å². The highest BCUT2D eigenvalue weighted by Crippen LogP contribution is 1.95. The SMILES string of the molecule is C=CCCC(N)C(=O)OC.Cl. The molecule has 0 aromatic heterocycles. The van der Waals surface area contributed by atoms with Gasteiger partial charge in [-0.25, -0.2) is 0 Å². The fraction of sp³-hybridized carbons (Fsp3) is 0.571. The fourth-order valence-corrected chi connectivity index (χ4v) is 0.567. The Labute approximate surface area is 73.0 Å². The Hall–Kier alpha value is -0.540. The Morgan fingerprint density at radius 1 is 1.82 bits per heavy atom. The van der Waals surface area contributed by atoms with E-state index in [0.29, 0.717) is 6.42 Å². The van der Waals surface area contributed by atoms with Gasteiger partial charge in [-0.3, -0.25) is 4.79 Å². The first-order valence-corrected chi connectivity index (χ1v) is 3.16. The van der Waals surface area contributed by atoms with Gasteiger partial charge in [-0.2, -0.15) is 0 Å². The molecule has 0 radical (unpaired) electrons. The lowest BCUT2D eigenvalue weighted by molar-refractivity contribution is -0.142. The second-order valence-electron chi connectivity index (χ2n) is 2.00. The predicted octanol–water partition coefficient (Wildman–Crippen LogP) is 0.875. The van der Waals surface area contributed by atoms with Gasteiger partial charge in [0.2, 0.25) is 0 Å². The first-order valence-electron chi connectivity index (χ1n) is 3.16. The molecule has 66 valence electrons. The number of hydrogen-bond acceptors (Lipinski definition) is 3. The molecule has 0 aliphatic carbocycles. The van der Waals surface area contributed by atoms with Gasteiger partial charge in [-0.15, -0.1) is 19.0 Å². The molecule has 0 fully saturated rings. The van der Waals surface area contributed by atoms with Crippen LogP contribution in [0, 0.1) is 0 Å². The van der Waals surface area contributed by atoms with E-state index in [9.17, 15) is 4.79 Å². The molecule has 0 saturated heterocycles. The second kappa shape index (κ2) is 7.57. The van der Waals surface area contributed by atoms with Gasteiger partial charge in [0.1, 0.15) is 6.04 Å². The van der Waals surface area contributed by atoms with Gasteiger partial charge in [0, 0.05) is 0 Å². The number of methoxy groups -OCH3 is 1. The number of allylic oxidation sites excluding steroid dienone is 1. The molecule has 0 rings (SSSR count). The van der Waals surface area contributed by atoms with E-state index in [4.69, 9.17) is 5.73 Å². The molecule has 0 heterocycles. The molecule has 11 heavy (non-hydrogen) atoms. The molecule has 4 heteroatoms. The first-order chi connectivity index (χ1) is 4.72. The first kappa shape index (κ1) is 13.1. The molecule has 0 aliphatic heterocycles. The smallest absolute Gasteiger partial charge is 0.322 e. The third kappa shape index (κ3) is 5.88. The van der Waals surface area contributed by atoms with Crippen LogP contribution in [-0.2, 0) is 9.53 Å². The average Bonchev–Trinajstić information content (AvgIpc) is 1.98. The zero-order valence-electron chi connectivity index (χ0n) is 6.58. The van der Waals surface area contributed by atoms with E-state index >= 15 is 0 Å². The Morgan fingerprint density at radius 3 is 2.73 bits per heavy atom. The van der Waals surface area contributed by atoms with E-state index in [2.05, 4.69) is 11.3 Å². The predicted molar refractivity (Wildman–Crippen MR) is 46.7 cm³/mol. The minimum Gasteiger partial charge on any atom is -0.468 e. The van der Waals surface area contributed by atoms with Crippen LogP contribution in [0.15, 0.2) is 12.7 Å². The molecule has 0 saturated carbocycles. The summed E-state index contributed by atoms with van der Waals surface area (Å²) < 4.78 is 4.41. The fourth-order valence-electron chi connectivity index (χ4n) is 0.567. The monoisotopic (exact) mass is 179 g/mol. The summed E-state index contributed by atoms with van der Waals surface area (Å²) in [7, 11) is 1.33. The van der Waals surface area contributed by atoms with Crippen LogP contribution in [0.1, 0.15) is 12.8 Å². The lowest BCUT2D eigenvalue weighted by Crippen LogP contribution is -2.31. The number of hydrogen-bond donors (Lipinski definition) is 1. The van der Waals surface area contributed by atoms with Gasteiger partial charge in [0.25, 0.3) is 0 Å². The average molecular weight is 180 g/mol. The summed E-state index contributed by atoms with van der Waals surface area (Å²) in [5, 5.41) is 0. The lowest BCUT2D eigenvalue weighted by Gasteiger charge is -2.05. The molecule has 0 spiro atoms. The van der Waals surface area contributed by atoms with Gasteiger partial charge in [0.05, 0.1) is 7.11 Å². The lowest BCUT2D eigenvalue weighted by atomic mass is 10.2. The molecule has 1 unspecified atom stereocenters. The summed E-state index contributed by atoms with van der Waals surface area (Å²) in [6, 6.07) is -0.497. The zero-order chi connectivity index (χ0) is 7.98. The Bertz CT molecular complexity index is 128. The zero-order valence-corrected chi connectivity index (χ0v) is 7.39. The molecule has 2 N–H and O–H groups in total. The molecular formula is C7H14ClNO2. The van der Waals surface area contributed by atoms with E-state index in [1.165, 1.54) is 7.11 Å². The molecule has 0 amide bonds. The number of ether oxygens (including phenoxy) is 1. The van der Waals surface area contributed by atoms with Crippen molar-refractivity contribution in [2.75, 3.05) is 7.11 Å². The minimum atomic E-state index is -0.497. The van der Waals surface area contributed by atoms with Gasteiger partial charge in [-0.1, -0.05) is 6.08 Å². The Kier molecular flexibility index (Phi) is 9.00. The maximum Gasteiger partial charge on any atom is 0.322 e. The van der Waals surface area contributed by atoms with Crippen molar-refractivity contribution >= 4 is 18.4 Å². The van der Waals surface area contributed by atoms with Crippen LogP contribution in [0.3, 0.4) is 0 Å². The maximum absolute atomic E-state index is 10.6. The topological polar surface area (TPSA) is 52.3 Å². The van der Waals surface area contributed by atoms with Crippen molar-refractivity contribution in [1.82, 2.24) is 0 Å². The molecule has 0 aliphatic rings. The second-order valence-corrected chi connectivity index (χ2v) is 2.00. The van der Waals surface area contributed by atoms with Crippen molar-refractivity contribution in [3.05, 3.63) is 12.7 Å². The van der Waals surface area contributed by atoms with E-state index in [1.807, 2.05) is 0 Å². The standard InChI is InChI=1S/C7H13NO2.ClH/c1-3-4-5-6(8)7(9)10-2;/h3,6H,1,4-5,8H2,2H3;1H. The molecular weight excluding hydrogens is 166 g/mol. The third-order valence-electron chi connectivity index (χ3n) is 1.19. The highest BCUT2D eigenvalue weighted by molar-refractivity contribution is 5.85. The summed E-state index contributed by atoms with van der Waals surface area (Å²) in [5.41, 5.74) is 5.39. The van der Waals surface area contributed by atoms with Crippen LogP contribution < -0.4 is 5.73 Å². The number of carbonyl (C=O) groups is 1. The summed E-state index contributed by atoms with van der Waals surface area (Å²) >= 11 is 0. The third-order valence-corrected chi connectivity index (χ3v) is 1.19. The van der Waals surface area contributed by atoms with Crippen LogP contribution >= 0.6 is 12.4 Å². The van der Waals surface area contributed by atoms with E-state index in [-0.39, 0.29) is 18.4 Å². The Morgan fingerprint density at radius 2 is 2.36 bits per heavy atom. The van der Waals surface area contributed by atoms with Crippen molar-refractivity contribution in [2.24, 2.45) is 5.73 Å². The van der Waals surface area contributed by atoms with Gasteiger partial charge in [-0.05, 0) is 12.8 Å². The highest BCUT2D eigenvalue weighted by atomic mass is 35.5. The number of carbonyl (C=O) groups excluding carboxylic acids is 1. The van der Waals surface area contributed by atoms with Crippen LogP contribution in [0.4, 0.5) is 0 Å². The highest BCUT2D eigenvalue weighted by Gasteiger charge is 2.11. The molecule has 1 atom stereocenters. The summed E-state index contributed by atoms with van der Waals surface area (Å²) in [6.45, 7) is 3.51. The Balaban J connectivity index is 0. The molecule has 0 bridgehead atoms. The van der Waals surface area contributed by atoms with Crippen LogP contribution in [-0.4, -0.2) is 19.1 Å². The summed E-state index contributed by atoms with van der Waals surface area (Å²) in [6.07, 6.45) is 3.08. The van der Waals surface area contributed by atoms with Crippen LogP contribution in [0.5, 0.6) is 0 Å². The number of rotatable bonds is 4. The van der Waals surface area contributed by atoms with Gasteiger partial charge >= 0.3 is 5.97 Å². The quantitative estimate of drug-likeness (QED) is 0.515. The van der Waals surface area contributed by atoms with E-state index < -0.39 is 6.04 Å². The number of esters is 1. The number of nitrogens with two attached hydrogens (primary N) is 1. The number of halogens is 1. The summed E-state index contributed by atoms with van der Waals surface area (Å²) in [4.78, 5) is 10.6. The summed E-state index contributed by atoms with van der Waals surface area (Å²) in [5.74, 6) is -0.359. The van der Waals surface area contributed by atoms with E-state index in [0.717, 1.165) is 6.42 Å². The maximum atomic E-state index is 10.6. The van der Waals surface area contributed by atoms with Gasteiger partial charge < -0.3 is 10.5 Å². The minimum absolute atomic E-state index is 0. The molecule has 3 nitrogen and oxygen atoms in total. The van der Waals surface area contributed by atoms with Gasteiger partial charge in [0.15, 0.2) is 0 Å². The van der Waals surface area contributed by atoms with Crippen molar-refractivity contribution in [1.29, 1.82) is 0 Å². The van der Waals surface area contributed by atoms with Crippen molar-refractivity contribution in [3.8, 4) is 0 Å². The molecule has 0 aromatic carbocycles. The van der Waals surface area contributed by atoms with Crippen molar-refractivity contribution < 1.29 is 9.53 Å². The van der Waals surface area contributed by atoms with Crippen LogP contribution in [0.2, 0.25) is 0 Å². The van der Waals surface area contributed by atoms with Crippen LogP contribution in [0.25, 0.3) is 0 Å². The largest absolute Gasteiger partial charge is 0.468 e. The van der Waals surface area contributed by atoms with E-state index in [1.54, 1.807) is 6.08 Å². The molecule has 0 aromatic rings.